The minimum atomic E-state index is -1.45. The lowest BCUT2D eigenvalue weighted by Gasteiger charge is -2.56. The number of aliphatic hydroxyl groups is 4. The van der Waals surface area contributed by atoms with Crippen molar-refractivity contribution in [1.82, 2.24) is 15.0 Å². The molecule has 5 fully saturated rings. The van der Waals surface area contributed by atoms with Crippen molar-refractivity contribution in [3.8, 4) is 0 Å². The summed E-state index contributed by atoms with van der Waals surface area (Å²) in [7, 11) is 0. The van der Waals surface area contributed by atoms with Crippen LogP contribution in [0.15, 0.2) is 6.20 Å². The van der Waals surface area contributed by atoms with Gasteiger partial charge in [0.25, 0.3) is 0 Å². The van der Waals surface area contributed by atoms with Crippen LogP contribution in [0.25, 0.3) is 0 Å². The van der Waals surface area contributed by atoms with Gasteiger partial charge in [0, 0.05) is 0 Å². The molecule has 6 rings (SSSR count). The Morgan fingerprint density at radius 1 is 1.04 bits per heavy atom. The van der Waals surface area contributed by atoms with Crippen molar-refractivity contribution in [3.63, 3.8) is 0 Å². The molecule has 0 spiro atoms. The molecule has 4 aliphatic carbocycles. The Morgan fingerprint density at radius 2 is 1.68 bits per heavy atom. The molecular formula is C19H29N3O6. The molecule has 1 aromatic heterocycles. The van der Waals surface area contributed by atoms with Crippen LogP contribution in [0.3, 0.4) is 0 Å². The Kier molecular flexibility index (Phi) is 4.72. The van der Waals surface area contributed by atoms with Gasteiger partial charge in [0.1, 0.15) is 30.1 Å². The van der Waals surface area contributed by atoms with E-state index in [2.05, 4.69) is 10.3 Å². The highest BCUT2D eigenvalue weighted by Crippen LogP contribution is 2.58. The summed E-state index contributed by atoms with van der Waals surface area (Å²) in [6.45, 7) is -0.415. The van der Waals surface area contributed by atoms with E-state index in [0.29, 0.717) is 5.69 Å². The number of aromatic nitrogens is 3. The highest BCUT2D eigenvalue weighted by atomic mass is 16.7. The van der Waals surface area contributed by atoms with Crippen LogP contribution in [0.1, 0.15) is 44.2 Å². The van der Waals surface area contributed by atoms with Gasteiger partial charge in [0.15, 0.2) is 6.29 Å². The average molecular weight is 395 g/mol. The molecule has 0 unspecified atom stereocenters. The molecule has 1 saturated heterocycles. The molecule has 5 atom stereocenters. The van der Waals surface area contributed by atoms with Crippen LogP contribution in [0, 0.1) is 17.8 Å². The monoisotopic (exact) mass is 395 g/mol. The lowest BCUT2D eigenvalue weighted by molar-refractivity contribution is -0.304. The quantitative estimate of drug-likeness (QED) is 0.526. The van der Waals surface area contributed by atoms with Gasteiger partial charge in [0.2, 0.25) is 0 Å². The smallest absolute Gasteiger partial charge is 0.187 e. The summed E-state index contributed by atoms with van der Waals surface area (Å²) in [4.78, 5) is 0. The Bertz CT molecular complexity index is 674. The maximum absolute atomic E-state index is 10.1. The van der Waals surface area contributed by atoms with Gasteiger partial charge in [0.05, 0.1) is 24.9 Å². The molecular weight excluding hydrogens is 366 g/mol. The van der Waals surface area contributed by atoms with Crippen LogP contribution in [0.4, 0.5) is 0 Å². The third kappa shape index (κ3) is 3.09. The van der Waals surface area contributed by atoms with Crippen LogP contribution >= 0.6 is 0 Å². The molecule has 0 radical (unpaired) electrons. The largest absolute Gasteiger partial charge is 0.394 e. The third-order valence-electron chi connectivity index (χ3n) is 7.28. The van der Waals surface area contributed by atoms with Gasteiger partial charge >= 0.3 is 0 Å². The third-order valence-corrected chi connectivity index (χ3v) is 7.28. The van der Waals surface area contributed by atoms with Gasteiger partial charge in [-0.25, -0.2) is 4.68 Å². The molecule has 9 nitrogen and oxygen atoms in total. The first-order chi connectivity index (χ1) is 13.5. The summed E-state index contributed by atoms with van der Waals surface area (Å²) >= 11 is 0. The Hall–Kier alpha value is -1.10. The number of hydrogen-bond donors (Lipinski definition) is 4. The standard InChI is InChI=1S/C19H29N3O6/c23-8-14-15(24)16(25)17(26)18(28-14)27-9-13-7-22(21-20-13)19-4-10-1-11(5-19)3-12(2-10)6-19/h7,10-12,14-18,23-26H,1-6,8-9H2/t10?,11?,12?,14-,15-,16+,17+,18+,19?/m1/s1. The molecule has 9 heteroatoms. The molecule has 4 N–H and O–H groups in total. The van der Waals surface area contributed by atoms with Gasteiger partial charge in [-0.3, -0.25) is 0 Å². The van der Waals surface area contributed by atoms with E-state index in [9.17, 15) is 20.4 Å². The summed E-state index contributed by atoms with van der Waals surface area (Å²) in [6, 6.07) is 0. The molecule has 2 heterocycles. The van der Waals surface area contributed by atoms with Crippen molar-refractivity contribution in [2.75, 3.05) is 6.61 Å². The summed E-state index contributed by atoms with van der Waals surface area (Å²) in [6.07, 6.45) is 3.16. The van der Waals surface area contributed by atoms with Crippen molar-refractivity contribution >= 4 is 0 Å². The van der Waals surface area contributed by atoms with Gasteiger partial charge in [-0.15, -0.1) is 5.10 Å². The molecule has 4 saturated carbocycles. The van der Waals surface area contributed by atoms with E-state index in [1.165, 1.54) is 38.5 Å². The molecule has 28 heavy (non-hydrogen) atoms. The lowest BCUT2D eigenvalue weighted by Crippen LogP contribution is -2.59. The van der Waals surface area contributed by atoms with Gasteiger partial charge in [-0.1, -0.05) is 5.21 Å². The van der Waals surface area contributed by atoms with E-state index in [1.54, 1.807) is 0 Å². The molecule has 5 aliphatic rings. The zero-order valence-corrected chi connectivity index (χ0v) is 15.8. The first kappa shape index (κ1) is 18.9. The number of hydrogen-bond acceptors (Lipinski definition) is 8. The minimum absolute atomic E-state index is 0.0645. The Balaban J connectivity index is 1.25. The maximum Gasteiger partial charge on any atom is 0.187 e. The molecule has 156 valence electrons. The van der Waals surface area contributed by atoms with Crippen molar-refractivity contribution in [3.05, 3.63) is 11.9 Å². The van der Waals surface area contributed by atoms with E-state index in [0.717, 1.165) is 17.8 Å². The van der Waals surface area contributed by atoms with Crippen LogP contribution in [0.5, 0.6) is 0 Å². The predicted octanol–water partition coefficient (Wildman–Crippen LogP) is -0.480. The van der Waals surface area contributed by atoms with E-state index in [4.69, 9.17) is 9.47 Å². The fourth-order valence-corrected chi connectivity index (χ4v) is 6.31. The average Bonchev–Trinajstić information content (AvgIpc) is 3.15. The SMILES string of the molecule is OC[C@H]1O[C@H](OCc2cn(C34CC5CC(CC(C5)C3)C4)nn2)[C@@H](O)[C@@H](O)[C@@H]1O. The molecule has 0 aromatic carbocycles. The van der Waals surface area contributed by atoms with Crippen molar-refractivity contribution in [2.45, 2.75) is 81.4 Å². The molecule has 1 aliphatic heterocycles. The predicted molar refractivity (Wildman–Crippen MR) is 94.7 cm³/mol. The normalized spacial score (nSPS) is 47.6. The summed E-state index contributed by atoms with van der Waals surface area (Å²) in [5, 5.41) is 47.7. The van der Waals surface area contributed by atoms with Crippen molar-refractivity contribution < 1.29 is 29.9 Å². The first-order valence-corrected chi connectivity index (χ1v) is 10.3. The number of ether oxygens (including phenoxy) is 2. The summed E-state index contributed by atoms with van der Waals surface area (Å²) < 4.78 is 13.0. The maximum atomic E-state index is 10.1. The van der Waals surface area contributed by atoms with Crippen LogP contribution in [0.2, 0.25) is 0 Å². The summed E-state index contributed by atoms with van der Waals surface area (Å²) in [5.41, 5.74) is 0.719. The Morgan fingerprint density at radius 3 is 2.29 bits per heavy atom. The van der Waals surface area contributed by atoms with Crippen LogP contribution in [-0.4, -0.2) is 72.7 Å². The zero-order valence-electron chi connectivity index (χ0n) is 15.8. The van der Waals surface area contributed by atoms with Crippen molar-refractivity contribution in [1.29, 1.82) is 0 Å². The second kappa shape index (κ2) is 7.00. The molecule has 4 bridgehead atoms. The fourth-order valence-electron chi connectivity index (χ4n) is 6.31. The van der Waals surface area contributed by atoms with E-state index < -0.39 is 37.3 Å². The van der Waals surface area contributed by atoms with E-state index in [-0.39, 0.29) is 12.1 Å². The number of nitrogens with zero attached hydrogens (tertiary/aromatic N) is 3. The van der Waals surface area contributed by atoms with Gasteiger partial charge < -0.3 is 29.9 Å². The van der Waals surface area contributed by atoms with E-state index in [1.807, 2.05) is 10.9 Å². The molecule has 0 amide bonds. The molecule has 1 aromatic rings. The number of rotatable bonds is 5. The minimum Gasteiger partial charge on any atom is -0.394 e. The van der Waals surface area contributed by atoms with E-state index >= 15 is 0 Å². The topological polar surface area (TPSA) is 130 Å². The second-order valence-electron chi connectivity index (χ2n) is 9.30. The Labute approximate surface area is 163 Å². The van der Waals surface area contributed by atoms with Gasteiger partial charge in [-0.05, 0) is 56.3 Å². The van der Waals surface area contributed by atoms with Crippen LogP contribution in [-0.2, 0) is 21.6 Å². The first-order valence-electron chi connectivity index (χ1n) is 10.3. The van der Waals surface area contributed by atoms with Gasteiger partial charge in [-0.2, -0.15) is 0 Å². The highest BCUT2D eigenvalue weighted by molar-refractivity contribution is 5.06. The van der Waals surface area contributed by atoms with Crippen molar-refractivity contribution in [2.24, 2.45) is 17.8 Å². The summed E-state index contributed by atoms with van der Waals surface area (Å²) in [5.74, 6) is 2.43. The number of aliphatic hydroxyl groups excluding tert-OH is 4. The lowest BCUT2D eigenvalue weighted by atomic mass is 9.53. The highest BCUT2D eigenvalue weighted by Gasteiger charge is 2.52. The zero-order chi connectivity index (χ0) is 19.5. The van der Waals surface area contributed by atoms with Crippen LogP contribution < -0.4 is 0 Å². The fraction of sp³-hybridized carbons (Fsp3) is 0.895. The second-order valence-corrected chi connectivity index (χ2v) is 9.30.